The van der Waals surface area contributed by atoms with E-state index in [1.165, 1.54) is 30.4 Å². The van der Waals surface area contributed by atoms with E-state index in [9.17, 15) is 0 Å². The summed E-state index contributed by atoms with van der Waals surface area (Å²) in [6, 6.07) is 9.18. The zero-order valence-corrected chi connectivity index (χ0v) is 18.3. The molecule has 4 nitrogen and oxygen atoms in total. The first-order valence-electron chi connectivity index (χ1n) is 8.80. The summed E-state index contributed by atoms with van der Waals surface area (Å²) < 4.78 is 0. The highest BCUT2D eigenvalue weighted by Gasteiger charge is 2.08. The molecule has 1 rings (SSSR count). The summed E-state index contributed by atoms with van der Waals surface area (Å²) in [4.78, 5) is 6.66. The Kier molecular flexibility index (Phi) is 13.0. The Bertz CT molecular complexity index is 474. The van der Waals surface area contributed by atoms with Crippen LogP contribution in [-0.4, -0.2) is 37.5 Å². The first-order chi connectivity index (χ1) is 11.1. The SMILES string of the molecule is CCCCCNC(=NC)NCc1ccccc1CN(C)C(C)C.I. The summed E-state index contributed by atoms with van der Waals surface area (Å²) in [5.74, 6) is 0.883. The third kappa shape index (κ3) is 8.87. The van der Waals surface area contributed by atoms with Gasteiger partial charge in [-0.3, -0.25) is 9.89 Å². The maximum Gasteiger partial charge on any atom is 0.191 e. The second-order valence-electron chi connectivity index (χ2n) is 6.34. The summed E-state index contributed by atoms with van der Waals surface area (Å²) in [6.07, 6.45) is 3.69. The van der Waals surface area contributed by atoms with Crippen molar-refractivity contribution in [1.82, 2.24) is 15.5 Å². The molecule has 2 N–H and O–H groups in total. The van der Waals surface area contributed by atoms with Gasteiger partial charge in [0.1, 0.15) is 0 Å². The van der Waals surface area contributed by atoms with Gasteiger partial charge in [0.15, 0.2) is 5.96 Å². The Hall–Kier alpha value is -0.820. The molecule has 138 valence electrons. The van der Waals surface area contributed by atoms with Crippen LogP contribution in [0.3, 0.4) is 0 Å². The van der Waals surface area contributed by atoms with Gasteiger partial charge in [0, 0.05) is 32.7 Å². The van der Waals surface area contributed by atoms with Crippen LogP contribution in [0.4, 0.5) is 0 Å². The van der Waals surface area contributed by atoms with Crippen LogP contribution in [0.5, 0.6) is 0 Å². The number of nitrogens with one attached hydrogen (secondary N) is 2. The van der Waals surface area contributed by atoms with E-state index in [1.54, 1.807) is 0 Å². The summed E-state index contributed by atoms with van der Waals surface area (Å²) in [6.45, 7) is 9.42. The number of nitrogens with zero attached hydrogens (tertiary/aromatic N) is 2. The number of halogens is 1. The number of hydrogen-bond donors (Lipinski definition) is 2. The van der Waals surface area contributed by atoms with Gasteiger partial charge in [-0.25, -0.2) is 0 Å². The Labute approximate surface area is 165 Å². The minimum absolute atomic E-state index is 0. The molecular formula is C19H35IN4. The first kappa shape index (κ1) is 23.2. The summed E-state index contributed by atoms with van der Waals surface area (Å²) in [7, 11) is 4.00. The molecule has 0 aliphatic rings. The van der Waals surface area contributed by atoms with Crippen molar-refractivity contribution in [2.24, 2.45) is 4.99 Å². The van der Waals surface area contributed by atoms with Crippen LogP contribution < -0.4 is 10.6 Å². The highest BCUT2D eigenvalue weighted by Crippen LogP contribution is 2.12. The molecule has 0 atom stereocenters. The van der Waals surface area contributed by atoms with Gasteiger partial charge in [-0.1, -0.05) is 44.0 Å². The molecule has 0 spiro atoms. The average molecular weight is 446 g/mol. The van der Waals surface area contributed by atoms with Crippen molar-refractivity contribution < 1.29 is 0 Å². The number of unbranched alkanes of at least 4 members (excludes halogenated alkanes) is 2. The van der Waals surface area contributed by atoms with Crippen molar-refractivity contribution in [3.8, 4) is 0 Å². The minimum atomic E-state index is 0. The molecule has 1 aromatic carbocycles. The van der Waals surface area contributed by atoms with E-state index in [0.29, 0.717) is 6.04 Å². The molecule has 0 amide bonds. The maximum absolute atomic E-state index is 4.30. The second-order valence-corrected chi connectivity index (χ2v) is 6.34. The van der Waals surface area contributed by atoms with Gasteiger partial charge in [0.05, 0.1) is 0 Å². The van der Waals surface area contributed by atoms with E-state index in [0.717, 1.165) is 25.6 Å². The fourth-order valence-electron chi connectivity index (χ4n) is 2.32. The molecule has 0 aliphatic heterocycles. The fourth-order valence-corrected chi connectivity index (χ4v) is 2.32. The molecule has 0 radical (unpaired) electrons. The van der Waals surface area contributed by atoms with Crippen LogP contribution in [-0.2, 0) is 13.1 Å². The summed E-state index contributed by atoms with van der Waals surface area (Å²) >= 11 is 0. The van der Waals surface area contributed by atoms with Crippen LogP contribution in [0, 0.1) is 0 Å². The van der Waals surface area contributed by atoms with Gasteiger partial charge in [-0.2, -0.15) is 0 Å². The molecule has 0 aromatic heterocycles. The Morgan fingerprint density at radius 1 is 1.12 bits per heavy atom. The smallest absolute Gasteiger partial charge is 0.191 e. The zero-order chi connectivity index (χ0) is 17.1. The van der Waals surface area contributed by atoms with Gasteiger partial charge in [-0.15, -0.1) is 24.0 Å². The lowest BCUT2D eigenvalue weighted by Crippen LogP contribution is -2.37. The van der Waals surface area contributed by atoms with Crippen LogP contribution in [0.1, 0.15) is 51.2 Å². The molecule has 0 aliphatic carbocycles. The average Bonchev–Trinajstić information content (AvgIpc) is 2.55. The lowest BCUT2D eigenvalue weighted by Gasteiger charge is -2.23. The molecule has 5 heteroatoms. The third-order valence-electron chi connectivity index (χ3n) is 4.16. The van der Waals surface area contributed by atoms with E-state index in [1.807, 2.05) is 7.05 Å². The number of hydrogen-bond acceptors (Lipinski definition) is 2. The van der Waals surface area contributed by atoms with E-state index in [4.69, 9.17) is 0 Å². The fraction of sp³-hybridized carbons (Fsp3) is 0.632. The third-order valence-corrected chi connectivity index (χ3v) is 4.16. The van der Waals surface area contributed by atoms with Gasteiger partial charge in [0.25, 0.3) is 0 Å². The highest BCUT2D eigenvalue weighted by molar-refractivity contribution is 14.0. The number of benzene rings is 1. The molecule has 1 aromatic rings. The number of rotatable bonds is 9. The van der Waals surface area contributed by atoms with E-state index in [-0.39, 0.29) is 24.0 Å². The van der Waals surface area contributed by atoms with Crippen molar-refractivity contribution in [2.75, 3.05) is 20.6 Å². The van der Waals surface area contributed by atoms with Gasteiger partial charge < -0.3 is 10.6 Å². The van der Waals surface area contributed by atoms with Crippen molar-refractivity contribution >= 4 is 29.9 Å². The summed E-state index contributed by atoms with van der Waals surface area (Å²) in [5, 5.41) is 6.81. The molecule has 24 heavy (non-hydrogen) atoms. The van der Waals surface area contributed by atoms with Crippen molar-refractivity contribution in [2.45, 2.75) is 59.2 Å². The molecule has 0 bridgehead atoms. The lowest BCUT2D eigenvalue weighted by atomic mass is 10.1. The standard InChI is InChI=1S/C19H34N4.HI/c1-6-7-10-13-21-19(20-4)22-14-17-11-8-9-12-18(17)15-23(5)16(2)3;/h8-9,11-12,16H,6-7,10,13-15H2,1-5H3,(H2,20,21,22);1H. The number of aliphatic imine (C=N–C) groups is 1. The van der Waals surface area contributed by atoms with E-state index >= 15 is 0 Å². The quantitative estimate of drug-likeness (QED) is 0.261. The monoisotopic (exact) mass is 446 g/mol. The molecule has 0 saturated carbocycles. The van der Waals surface area contributed by atoms with Gasteiger partial charge in [-0.05, 0) is 38.4 Å². The minimum Gasteiger partial charge on any atom is -0.356 e. The molecule has 0 saturated heterocycles. The first-order valence-corrected chi connectivity index (χ1v) is 8.80. The van der Waals surface area contributed by atoms with Crippen LogP contribution in [0.2, 0.25) is 0 Å². The molecule has 0 fully saturated rings. The van der Waals surface area contributed by atoms with Gasteiger partial charge >= 0.3 is 0 Å². The van der Waals surface area contributed by atoms with E-state index in [2.05, 4.69) is 72.6 Å². The van der Waals surface area contributed by atoms with E-state index < -0.39 is 0 Å². The largest absolute Gasteiger partial charge is 0.356 e. The molecule has 0 heterocycles. The number of guanidine groups is 1. The highest BCUT2D eigenvalue weighted by atomic mass is 127. The summed E-state index contributed by atoms with van der Waals surface area (Å²) in [5.41, 5.74) is 2.70. The predicted molar refractivity (Wildman–Crippen MR) is 116 cm³/mol. The molecule has 0 unspecified atom stereocenters. The Balaban J connectivity index is 0.00000529. The van der Waals surface area contributed by atoms with Crippen LogP contribution in [0.15, 0.2) is 29.3 Å². The molecular weight excluding hydrogens is 411 g/mol. The van der Waals surface area contributed by atoms with Crippen LogP contribution in [0.25, 0.3) is 0 Å². The predicted octanol–water partition coefficient (Wildman–Crippen LogP) is 4.00. The van der Waals surface area contributed by atoms with Gasteiger partial charge in [0.2, 0.25) is 0 Å². The Morgan fingerprint density at radius 2 is 1.79 bits per heavy atom. The lowest BCUT2D eigenvalue weighted by molar-refractivity contribution is 0.265. The maximum atomic E-state index is 4.30. The van der Waals surface area contributed by atoms with Crippen molar-refractivity contribution in [1.29, 1.82) is 0 Å². The normalized spacial score (nSPS) is 11.5. The van der Waals surface area contributed by atoms with Crippen molar-refractivity contribution in [3.05, 3.63) is 35.4 Å². The van der Waals surface area contributed by atoms with Crippen LogP contribution >= 0.6 is 24.0 Å². The second kappa shape index (κ2) is 13.5. The zero-order valence-electron chi connectivity index (χ0n) is 15.9. The topological polar surface area (TPSA) is 39.7 Å². The van der Waals surface area contributed by atoms with Crippen molar-refractivity contribution in [3.63, 3.8) is 0 Å². The Morgan fingerprint density at radius 3 is 2.38 bits per heavy atom.